The van der Waals surface area contributed by atoms with Gasteiger partial charge in [0.1, 0.15) is 16.9 Å². The molecule has 1 aromatic carbocycles. The van der Waals surface area contributed by atoms with Crippen molar-refractivity contribution in [3.63, 3.8) is 0 Å². The Morgan fingerprint density at radius 3 is 2.38 bits per heavy atom. The molecule has 152 valence electrons. The topological polar surface area (TPSA) is 115 Å². The first-order valence-electron chi connectivity index (χ1n) is 8.79. The molecule has 0 aromatic heterocycles. The highest BCUT2D eigenvalue weighted by atomic mass is 32.2. The summed E-state index contributed by atoms with van der Waals surface area (Å²) in [6, 6.07) is 5.43. The van der Waals surface area contributed by atoms with Crippen molar-refractivity contribution in [3.8, 4) is 0 Å². The highest BCUT2D eigenvalue weighted by molar-refractivity contribution is 8.26. The number of hydrogen-bond donors (Lipinski definition) is 2. The number of nitrogens with zero attached hydrogens (tertiary/aromatic N) is 2. The fraction of sp³-hybridized carbons (Fsp3) is 0.316. The van der Waals surface area contributed by atoms with Crippen molar-refractivity contribution < 1.29 is 29.4 Å². The monoisotopic (exact) mass is 434 g/mol. The van der Waals surface area contributed by atoms with Gasteiger partial charge in [-0.2, -0.15) is 0 Å². The number of carbonyl (C=O) groups is 4. The molecule has 0 unspecified atom stereocenters. The Kier molecular flexibility index (Phi) is 5.76. The van der Waals surface area contributed by atoms with E-state index in [0.717, 1.165) is 21.6 Å². The van der Waals surface area contributed by atoms with Gasteiger partial charge in [0, 0.05) is 5.56 Å². The van der Waals surface area contributed by atoms with Gasteiger partial charge in [0.25, 0.3) is 11.8 Å². The van der Waals surface area contributed by atoms with Crippen LogP contribution in [0.3, 0.4) is 0 Å². The van der Waals surface area contributed by atoms with Crippen LogP contribution in [0.25, 0.3) is 5.57 Å². The Morgan fingerprint density at radius 2 is 1.79 bits per heavy atom. The lowest BCUT2D eigenvalue weighted by molar-refractivity contribution is -0.145. The van der Waals surface area contributed by atoms with Crippen molar-refractivity contribution >= 4 is 63.3 Å². The van der Waals surface area contributed by atoms with E-state index in [4.69, 9.17) is 17.3 Å². The van der Waals surface area contributed by atoms with Gasteiger partial charge in [0.2, 0.25) is 0 Å². The molecule has 2 N–H and O–H groups in total. The molecule has 2 aliphatic rings. The standard InChI is InChI=1S/C19H18N2O6S2/c1-9(2)7-12(18(26)27)21-17(25)15(29-19(21)28)14-10-5-3-4-6-11(10)20(16(14)24)8-13(22)23/h3-6,9,12H,7-8H2,1-2H3,(H,22,23)(H,26,27)/b15-14-/t12-/m0/s1. The average Bonchev–Trinajstić information content (AvgIpc) is 3.06. The van der Waals surface area contributed by atoms with Gasteiger partial charge in [-0.1, -0.05) is 56.0 Å². The molecule has 29 heavy (non-hydrogen) atoms. The predicted octanol–water partition coefficient (Wildman–Crippen LogP) is 2.19. The molecule has 8 nitrogen and oxygen atoms in total. The van der Waals surface area contributed by atoms with Crippen LogP contribution in [0.15, 0.2) is 29.2 Å². The van der Waals surface area contributed by atoms with Crippen molar-refractivity contribution in [1.29, 1.82) is 0 Å². The first-order valence-corrected chi connectivity index (χ1v) is 10.0. The van der Waals surface area contributed by atoms with Gasteiger partial charge in [0.15, 0.2) is 0 Å². The van der Waals surface area contributed by atoms with Crippen LogP contribution in [0.4, 0.5) is 5.69 Å². The van der Waals surface area contributed by atoms with E-state index in [1.807, 2.05) is 13.8 Å². The average molecular weight is 434 g/mol. The van der Waals surface area contributed by atoms with Crippen LogP contribution in [0, 0.1) is 5.92 Å². The Bertz CT molecular complexity index is 971. The van der Waals surface area contributed by atoms with Crippen LogP contribution in [-0.2, 0) is 19.2 Å². The largest absolute Gasteiger partial charge is 0.480 e. The van der Waals surface area contributed by atoms with E-state index in [-0.39, 0.29) is 27.1 Å². The molecule has 0 bridgehead atoms. The zero-order valence-electron chi connectivity index (χ0n) is 15.6. The summed E-state index contributed by atoms with van der Waals surface area (Å²) in [7, 11) is 0. The van der Waals surface area contributed by atoms with Crippen molar-refractivity contribution in [2.75, 3.05) is 11.4 Å². The fourth-order valence-corrected chi connectivity index (χ4v) is 4.78. The van der Waals surface area contributed by atoms with Crippen molar-refractivity contribution in [2.45, 2.75) is 26.3 Å². The fourth-order valence-electron chi connectivity index (χ4n) is 3.35. The van der Waals surface area contributed by atoms with Crippen LogP contribution in [0.1, 0.15) is 25.8 Å². The normalized spacial score (nSPS) is 19.9. The second-order valence-corrected chi connectivity index (χ2v) is 8.68. The maximum absolute atomic E-state index is 13.1. The van der Waals surface area contributed by atoms with Crippen molar-refractivity contribution in [2.24, 2.45) is 5.92 Å². The zero-order chi connectivity index (χ0) is 21.5. The number of carboxylic acid groups (broad SMARTS) is 2. The van der Waals surface area contributed by atoms with E-state index < -0.39 is 36.3 Å². The number of aliphatic carboxylic acids is 2. The molecule has 1 atom stereocenters. The minimum atomic E-state index is -1.19. The van der Waals surface area contributed by atoms with Gasteiger partial charge in [-0.25, -0.2) is 4.79 Å². The predicted molar refractivity (Wildman–Crippen MR) is 111 cm³/mol. The maximum Gasteiger partial charge on any atom is 0.326 e. The van der Waals surface area contributed by atoms with Crippen LogP contribution >= 0.6 is 24.0 Å². The summed E-state index contributed by atoms with van der Waals surface area (Å²) in [5, 5.41) is 18.7. The molecule has 1 fully saturated rings. The number of thioether (sulfide) groups is 1. The minimum Gasteiger partial charge on any atom is -0.480 e. The molecule has 2 heterocycles. The summed E-state index contributed by atoms with van der Waals surface area (Å²) < 4.78 is 0.0625. The van der Waals surface area contributed by atoms with E-state index in [9.17, 15) is 24.3 Å². The van der Waals surface area contributed by atoms with Crippen molar-refractivity contribution in [3.05, 3.63) is 34.7 Å². The molecule has 0 aliphatic carbocycles. The molecule has 2 aliphatic heterocycles. The molecule has 3 rings (SSSR count). The molecular weight excluding hydrogens is 416 g/mol. The summed E-state index contributed by atoms with van der Waals surface area (Å²) in [4.78, 5) is 51.2. The quantitative estimate of drug-likeness (QED) is 0.517. The number of fused-ring (bicyclic) bond motifs is 1. The molecule has 1 aromatic rings. The SMILES string of the molecule is CC(C)C[C@@H](C(=O)O)N1C(=O)/C(=C2/C(=O)N(CC(=O)O)c3ccccc32)SC1=S. The summed E-state index contributed by atoms with van der Waals surface area (Å²) in [6.07, 6.45) is 0.208. The molecule has 0 spiro atoms. The molecule has 1 saturated heterocycles. The highest BCUT2D eigenvalue weighted by Gasteiger charge is 2.46. The third-order valence-electron chi connectivity index (χ3n) is 4.53. The minimum absolute atomic E-state index is 0.00768. The molecule has 10 heteroatoms. The zero-order valence-corrected chi connectivity index (χ0v) is 17.2. The Morgan fingerprint density at radius 1 is 1.14 bits per heavy atom. The number of anilines is 1. The number of rotatable bonds is 6. The molecule has 2 amide bonds. The number of carboxylic acids is 2. The van der Waals surface area contributed by atoms with E-state index in [1.165, 1.54) is 0 Å². The van der Waals surface area contributed by atoms with Crippen LogP contribution in [-0.4, -0.2) is 55.8 Å². The van der Waals surface area contributed by atoms with Gasteiger partial charge in [-0.3, -0.25) is 24.2 Å². The second-order valence-electron chi connectivity index (χ2n) is 7.03. The summed E-state index contributed by atoms with van der Waals surface area (Å²) in [5.74, 6) is -3.63. The molecule has 0 saturated carbocycles. The lowest BCUT2D eigenvalue weighted by Crippen LogP contribution is -2.44. The van der Waals surface area contributed by atoms with Crippen LogP contribution in [0.2, 0.25) is 0 Å². The first kappa shape index (κ1) is 21.0. The number of benzene rings is 1. The Balaban J connectivity index is 2.09. The summed E-state index contributed by atoms with van der Waals surface area (Å²) >= 11 is 6.14. The van der Waals surface area contributed by atoms with Gasteiger partial charge < -0.3 is 10.2 Å². The number of hydrogen-bond acceptors (Lipinski definition) is 6. The Labute approximate surface area is 176 Å². The van der Waals surface area contributed by atoms with Gasteiger partial charge >= 0.3 is 11.9 Å². The van der Waals surface area contributed by atoms with E-state index in [1.54, 1.807) is 24.3 Å². The smallest absolute Gasteiger partial charge is 0.326 e. The van der Waals surface area contributed by atoms with Gasteiger partial charge in [0.05, 0.1) is 16.2 Å². The third kappa shape index (κ3) is 3.77. The summed E-state index contributed by atoms with van der Waals surface area (Å²) in [5.41, 5.74) is 0.863. The number of thiocarbonyl (C=S) groups is 1. The maximum atomic E-state index is 13.1. The molecular formula is C19H18N2O6S2. The number of para-hydroxylation sites is 1. The second kappa shape index (κ2) is 7.96. The van der Waals surface area contributed by atoms with Crippen LogP contribution in [0.5, 0.6) is 0 Å². The van der Waals surface area contributed by atoms with Gasteiger partial charge in [-0.15, -0.1) is 0 Å². The van der Waals surface area contributed by atoms with E-state index in [0.29, 0.717) is 11.3 Å². The lowest BCUT2D eigenvalue weighted by Gasteiger charge is -2.24. The van der Waals surface area contributed by atoms with E-state index >= 15 is 0 Å². The molecule has 0 radical (unpaired) electrons. The lowest BCUT2D eigenvalue weighted by atomic mass is 10.0. The van der Waals surface area contributed by atoms with Crippen LogP contribution < -0.4 is 4.90 Å². The third-order valence-corrected chi connectivity index (χ3v) is 5.94. The Hall–Kier alpha value is -2.72. The number of carbonyl (C=O) groups excluding carboxylic acids is 2. The first-order chi connectivity index (χ1) is 13.6. The van der Waals surface area contributed by atoms with Gasteiger partial charge in [-0.05, 0) is 18.4 Å². The highest BCUT2D eigenvalue weighted by Crippen LogP contribution is 2.45. The van der Waals surface area contributed by atoms with E-state index in [2.05, 4.69) is 0 Å². The van der Waals surface area contributed by atoms with Crippen molar-refractivity contribution in [1.82, 2.24) is 4.90 Å². The number of amides is 2. The summed E-state index contributed by atoms with van der Waals surface area (Å²) in [6.45, 7) is 3.13.